The van der Waals surface area contributed by atoms with Crippen molar-refractivity contribution in [2.45, 2.75) is 13.8 Å². The van der Waals surface area contributed by atoms with E-state index in [1.165, 1.54) is 0 Å². The lowest BCUT2D eigenvalue weighted by molar-refractivity contribution is -0.141. The first-order valence-corrected chi connectivity index (χ1v) is 11.9. The maximum atomic E-state index is 12.9. The Bertz CT molecular complexity index is 1270. The molecule has 3 N–H and O–H groups in total. The highest BCUT2D eigenvalue weighted by Gasteiger charge is 2.15. The van der Waals surface area contributed by atoms with Crippen LogP contribution in [0, 0.1) is 6.92 Å². The van der Waals surface area contributed by atoms with E-state index in [-0.39, 0.29) is 25.5 Å². The van der Waals surface area contributed by atoms with Gasteiger partial charge in [-0.05, 0) is 49.2 Å². The van der Waals surface area contributed by atoms with Crippen molar-refractivity contribution >= 4 is 46.8 Å². The number of ketones is 1. The topological polar surface area (TPSA) is 96.5 Å². The molecule has 7 nitrogen and oxygen atoms in total. The molecule has 8 heteroatoms. The molecule has 0 spiro atoms. The van der Waals surface area contributed by atoms with Crippen LogP contribution in [-0.2, 0) is 9.53 Å². The highest BCUT2D eigenvalue weighted by Crippen LogP contribution is 2.28. The third kappa shape index (κ3) is 7.45. The fourth-order valence-electron chi connectivity index (χ4n) is 3.43. The lowest BCUT2D eigenvalue weighted by atomic mass is 9.99. The van der Waals surface area contributed by atoms with E-state index in [4.69, 9.17) is 16.3 Å². The molecule has 0 radical (unpaired) electrons. The molecule has 0 saturated carbocycles. The molecule has 0 aromatic heterocycles. The van der Waals surface area contributed by atoms with Crippen LogP contribution < -0.4 is 16.0 Å². The van der Waals surface area contributed by atoms with Gasteiger partial charge in [-0.25, -0.2) is 4.79 Å². The molecule has 186 valence electrons. The highest BCUT2D eigenvalue weighted by molar-refractivity contribution is 6.35. The number of halogens is 1. The van der Waals surface area contributed by atoms with E-state index in [1.807, 2.05) is 61.5 Å². The van der Waals surface area contributed by atoms with E-state index in [9.17, 15) is 14.4 Å². The van der Waals surface area contributed by atoms with Crippen LogP contribution in [0.1, 0.15) is 34.0 Å². The molecular weight excluding hydrogens is 478 g/mol. The number of para-hydroxylation sites is 1. The second-order valence-electron chi connectivity index (χ2n) is 7.82. The van der Waals surface area contributed by atoms with Crippen LogP contribution in [0.3, 0.4) is 0 Å². The van der Waals surface area contributed by atoms with Crippen molar-refractivity contribution in [1.29, 1.82) is 0 Å². The molecular formula is C28H28ClN3O4. The van der Waals surface area contributed by atoms with Crippen molar-refractivity contribution in [3.63, 3.8) is 0 Å². The fraction of sp³-hybridized carbons (Fsp3) is 0.179. The van der Waals surface area contributed by atoms with E-state index in [0.717, 1.165) is 22.5 Å². The second kappa shape index (κ2) is 13.1. The molecule has 2 amide bonds. The van der Waals surface area contributed by atoms with Crippen LogP contribution in [0.2, 0.25) is 5.02 Å². The van der Waals surface area contributed by atoms with E-state index in [1.54, 1.807) is 31.2 Å². The number of esters is 1. The summed E-state index contributed by atoms with van der Waals surface area (Å²) in [5, 5.41) is 8.77. The number of urea groups is 1. The standard InChI is InChI=1S/C28H28ClN3O4/c1-3-36-26(33)18-31-28(35)30-16-8-11-20-10-5-7-13-25(20)32-21-14-15-23(24(29)17-21)27(34)22-12-6-4-9-19(22)2/h4-15,17,32H,3,16,18H2,1-2H3,(H2,30,31,35). The average molecular weight is 506 g/mol. The van der Waals surface area contributed by atoms with Gasteiger partial charge < -0.3 is 20.7 Å². The number of ether oxygens (including phenoxy) is 1. The lowest BCUT2D eigenvalue weighted by Gasteiger charge is -2.12. The Morgan fingerprint density at radius 1 is 0.944 bits per heavy atom. The van der Waals surface area contributed by atoms with Gasteiger partial charge in [0.25, 0.3) is 0 Å². The molecule has 3 aromatic rings. The zero-order valence-corrected chi connectivity index (χ0v) is 20.9. The largest absolute Gasteiger partial charge is 0.465 e. The molecule has 0 aliphatic rings. The van der Waals surface area contributed by atoms with Crippen LogP contribution in [0.4, 0.5) is 16.2 Å². The van der Waals surface area contributed by atoms with Crippen LogP contribution in [0.5, 0.6) is 0 Å². The third-order valence-electron chi connectivity index (χ3n) is 5.22. The van der Waals surface area contributed by atoms with Gasteiger partial charge in [0.2, 0.25) is 0 Å². The van der Waals surface area contributed by atoms with Crippen molar-refractivity contribution < 1.29 is 19.1 Å². The number of aryl methyl sites for hydroxylation is 1. The van der Waals surface area contributed by atoms with Gasteiger partial charge in [-0.3, -0.25) is 9.59 Å². The van der Waals surface area contributed by atoms with E-state index in [2.05, 4.69) is 16.0 Å². The number of rotatable bonds is 10. The molecule has 0 atom stereocenters. The number of carbonyl (C=O) groups excluding carboxylic acids is 3. The Kier molecular flexibility index (Phi) is 9.65. The van der Waals surface area contributed by atoms with Gasteiger partial charge in [0, 0.05) is 29.0 Å². The summed E-state index contributed by atoms with van der Waals surface area (Å²) in [5.41, 5.74) is 4.42. The van der Waals surface area contributed by atoms with Crippen LogP contribution >= 0.6 is 11.6 Å². The van der Waals surface area contributed by atoms with E-state index < -0.39 is 12.0 Å². The lowest BCUT2D eigenvalue weighted by Crippen LogP contribution is -2.38. The Morgan fingerprint density at radius 2 is 1.69 bits per heavy atom. The van der Waals surface area contributed by atoms with Crippen molar-refractivity contribution in [2.75, 3.05) is 25.0 Å². The maximum Gasteiger partial charge on any atom is 0.325 e. The molecule has 0 heterocycles. The van der Waals surface area contributed by atoms with Crippen molar-refractivity contribution in [3.05, 3.63) is 100 Å². The minimum atomic E-state index is -0.490. The Hall–Kier alpha value is -4.10. The maximum absolute atomic E-state index is 12.9. The molecule has 0 aliphatic heterocycles. The number of nitrogens with one attached hydrogen (secondary N) is 3. The van der Waals surface area contributed by atoms with Gasteiger partial charge in [-0.15, -0.1) is 0 Å². The normalized spacial score (nSPS) is 10.6. The van der Waals surface area contributed by atoms with Gasteiger partial charge in [0.05, 0.1) is 11.6 Å². The Labute approximate surface area is 215 Å². The van der Waals surface area contributed by atoms with Crippen molar-refractivity contribution in [2.24, 2.45) is 0 Å². The summed E-state index contributed by atoms with van der Waals surface area (Å²) in [5.74, 6) is -0.609. The molecule has 36 heavy (non-hydrogen) atoms. The molecule has 0 bridgehead atoms. The SMILES string of the molecule is CCOC(=O)CNC(=O)NCC=Cc1ccccc1Nc1ccc(C(=O)c2ccccc2C)c(Cl)c1. The smallest absolute Gasteiger partial charge is 0.325 e. The van der Waals surface area contributed by atoms with Crippen LogP contribution in [-0.4, -0.2) is 37.5 Å². The number of amides is 2. The van der Waals surface area contributed by atoms with Gasteiger partial charge >= 0.3 is 12.0 Å². The number of anilines is 2. The molecule has 3 rings (SSSR count). The van der Waals surface area contributed by atoms with Crippen molar-refractivity contribution in [1.82, 2.24) is 10.6 Å². The minimum Gasteiger partial charge on any atom is -0.465 e. The highest BCUT2D eigenvalue weighted by atomic mass is 35.5. The molecule has 0 aliphatic carbocycles. The summed E-state index contributed by atoms with van der Waals surface area (Å²) in [4.78, 5) is 36.0. The van der Waals surface area contributed by atoms with Crippen molar-refractivity contribution in [3.8, 4) is 0 Å². The summed E-state index contributed by atoms with van der Waals surface area (Å²) in [7, 11) is 0. The summed E-state index contributed by atoms with van der Waals surface area (Å²) in [6, 6.07) is 19.9. The quantitative estimate of drug-likeness (QED) is 0.250. The van der Waals surface area contributed by atoms with Crippen LogP contribution in [0.25, 0.3) is 6.08 Å². The predicted molar refractivity (Wildman–Crippen MR) is 143 cm³/mol. The van der Waals surface area contributed by atoms with E-state index in [0.29, 0.717) is 16.1 Å². The number of hydrogen-bond donors (Lipinski definition) is 3. The molecule has 0 unspecified atom stereocenters. The molecule has 0 saturated heterocycles. The molecule has 3 aromatic carbocycles. The summed E-state index contributed by atoms with van der Waals surface area (Å²) in [6.45, 7) is 3.94. The van der Waals surface area contributed by atoms with Crippen LogP contribution in [0.15, 0.2) is 72.8 Å². The summed E-state index contributed by atoms with van der Waals surface area (Å²) < 4.78 is 4.76. The monoisotopic (exact) mass is 505 g/mol. The van der Waals surface area contributed by atoms with Gasteiger partial charge in [0.1, 0.15) is 6.54 Å². The summed E-state index contributed by atoms with van der Waals surface area (Å²) in [6.07, 6.45) is 3.66. The zero-order valence-electron chi connectivity index (χ0n) is 20.1. The second-order valence-corrected chi connectivity index (χ2v) is 8.23. The minimum absolute atomic E-state index is 0.119. The first-order valence-electron chi connectivity index (χ1n) is 11.5. The Balaban J connectivity index is 1.62. The van der Waals surface area contributed by atoms with Gasteiger partial charge in [-0.2, -0.15) is 0 Å². The first-order chi connectivity index (χ1) is 17.4. The fourth-order valence-corrected chi connectivity index (χ4v) is 3.69. The van der Waals surface area contributed by atoms with Gasteiger partial charge in [0.15, 0.2) is 5.78 Å². The average Bonchev–Trinajstić information content (AvgIpc) is 2.86. The first kappa shape index (κ1) is 26.5. The number of carbonyl (C=O) groups is 3. The third-order valence-corrected chi connectivity index (χ3v) is 5.53. The Morgan fingerprint density at radius 3 is 2.44 bits per heavy atom. The summed E-state index contributed by atoms with van der Waals surface area (Å²) >= 11 is 6.48. The molecule has 0 fully saturated rings. The van der Waals surface area contributed by atoms with Gasteiger partial charge in [-0.1, -0.05) is 66.2 Å². The van der Waals surface area contributed by atoms with E-state index >= 15 is 0 Å². The number of benzene rings is 3. The predicted octanol–water partition coefficient (Wildman–Crippen LogP) is 5.50. The number of hydrogen-bond acceptors (Lipinski definition) is 5. The zero-order chi connectivity index (χ0) is 25.9.